The van der Waals surface area contributed by atoms with Crippen LogP contribution >= 0.6 is 11.3 Å². The van der Waals surface area contributed by atoms with E-state index in [-0.39, 0.29) is 12.5 Å². The van der Waals surface area contributed by atoms with Gasteiger partial charge in [-0.25, -0.2) is 4.79 Å². The number of rotatable bonds is 3. The van der Waals surface area contributed by atoms with Gasteiger partial charge < -0.3 is 9.64 Å². The van der Waals surface area contributed by atoms with E-state index < -0.39 is 5.97 Å². The Kier molecular flexibility index (Phi) is 4.01. The van der Waals surface area contributed by atoms with Crippen molar-refractivity contribution < 1.29 is 14.3 Å². The molecule has 2 heterocycles. The van der Waals surface area contributed by atoms with Gasteiger partial charge in [0, 0.05) is 16.9 Å². The van der Waals surface area contributed by atoms with Crippen LogP contribution in [0.4, 0.5) is 5.69 Å². The van der Waals surface area contributed by atoms with Crippen molar-refractivity contribution in [2.75, 3.05) is 18.1 Å². The van der Waals surface area contributed by atoms with Crippen molar-refractivity contribution in [2.45, 2.75) is 13.3 Å². The maximum absolute atomic E-state index is 12.5. The standard InChI is InChI=1S/C20H17NO3S/c1-13-15-7-3-5-9-17(15)25-19(13)20(23)24-12-18(22)21-11-10-14-6-2-4-8-16(14)21/h2-9H,10-12H2,1H3. The number of benzene rings is 2. The maximum Gasteiger partial charge on any atom is 0.349 e. The Hall–Kier alpha value is -2.66. The molecule has 0 bridgehead atoms. The van der Waals surface area contributed by atoms with Gasteiger partial charge >= 0.3 is 5.97 Å². The van der Waals surface area contributed by atoms with Crippen LogP contribution < -0.4 is 4.90 Å². The average Bonchev–Trinajstić information content (AvgIpc) is 3.21. The van der Waals surface area contributed by atoms with Crippen LogP contribution in [-0.4, -0.2) is 25.0 Å². The van der Waals surface area contributed by atoms with E-state index in [1.165, 1.54) is 11.3 Å². The van der Waals surface area contributed by atoms with Crippen molar-refractivity contribution in [1.82, 2.24) is 0 Å². The van der Waals surface area contributed by atoms with Crippen molar-refractivity contribution in [3.05, 3.63) is 64.5 Å². The number of fused-ring (bicyclic) bond motifs is 2. The zero-order chi connectivity index (χ0) is 17.4. The summed E-state index contributed by atoms with van der Waals surface area (Å²) in [6.07, 6.45) is 0.839. The van der Waals surface area contributed by atoms with E-state index in [2.05, 4.69) is 0 Å². The Bertz CT molecular complexity index is 976. The van der Waals surface area contributed by atoms with Gasteiger partial charge in [-0.1, -0.05) is 36.4 Å². The Labute approximate surface area is 149 Å². The number of thiophene rings is 1. The normalized spacial score (nSPS) is 13.1. The Morgan fingerprint density at radius 1 is 1.12 bits per heavy atom. The molecule has 0 unspecified atom stereocenters. The molecule has 0 aliphatic carbocycles. The molecule has 5 heteroatoms. The number of esters is 1. The van der Waals surface area contributed by atoms with Crippen molar-refractivity contribution in [2.24, 2.45) is 0 Å². The van der Waals surface area contributed by atoms with Gasteiger partial charge in [0.05, 0.1) is 0 Å². The number of hydrogen-bond donors (Lipinski definition) is 0. The number of hydrogen-bond acceptors (Lipinski definition) is 4. The first-order chi connectivity index (χ1) is 12.1. The molecule has 0 fully saturated rings. The predicted molar refractivity (Wildman–Crippen MR) is 99.3 cm³/mol. The quantitative estimate of drug-likeness (QED) is 0.671. The molecule has 3 aromatic rings. The lowest BCUT2D eigenvalue weighted by Crippen LogP contribution is -2.33. The Morgan fingerprint density at radius 2 is 1.88 bits per heavy atom. The third-order valence-electron chi connectivity index (χ3n) is 4.54. The summed E-state index contributed by atoms with van der Waals surface area (Å²) in [5.41, 5.74) is 2.98. The molecule has 1 aromatic heterocycles. The molecule has 25 heavy (non-hydrogen) atoms. The molecule has 0 saturated heterocycles. The fraction of sp³-hybridized carbons (Fsp3) is 0.200. The number of anilines is 1. The molecule has 4 rings (SSSR count). The molecule has 4 nitrogen and oxygen atoms in total. The summed E-state index contributed by atoms with van der Waals surface area (Å²) in [4.78, 5) is 27.1. The van der Waals surface area contributed by atoms with Gasteiger partial charge in [0.15, 0.2) is 6.61 Å². The summed E-state index contributed by atoms with van der Waals surface area (Å²) < 4.78 is 6.36. The molecule has 0 atom stereocenters. The van der Waals surface area contributed by atoms with Gasteiger partial charge in [-0.05, 0) is 42.0 Å². The number of para-hydroxylation sites is 1. The van der Waals surface area contributed by atoms with Gasteiger partial charge in [0.25, 0.3) is 5.91 Å². The highest BCUT2D eigenvalue weighted by Crippen LogP contribution is 2.31. The summed E-state index contributed by atoms with van der Waals surface area (Å²) >= 11 is 1.41. The van der Waals surface area contributed by atoms with E-state index in [1.807, 2.05) is 55.5 Å². The third-order valence-corrected chi connectivity index (χ3v) is 5.80. The van der Waals surface area contributed by atoms with Crippen LogP contribution in [0.5, 0.6) is 0 Å². The second-order valence-electron chi connectivity index (χ2n) is 6.05. The molecule has 2 aromatic carbocycles. The average molecular weight is 351 g/mol. The monoisotopic (exact) mass is 351 g/mol. The van der Waals surface area contributed by atoms with Gasteiger partial charge in [-0.15, -0.1) is 11.3 Å². The SMILES string of the molecule is Cc1c(C(=O)OCC(=O)N2CCc3ccccc32)sc2ccccc12. The fourth-order valence-electron chi connectivity index (χ4n) is 3.24. The zero-order valence-electron chi connectivity index (χ0n) is 13.8. The lowest BCUT2D eigenvalue weighted by atomic mass is 10.1. The first-order valence-electron chi connectivity index (χ1n) is 8.18. The van der Waals surface area contributed by atoms with E-state index in [0.29, 0.717) is 11.4 Å². The minimum absolute atomic E-state index is 0.183. The highest BCUT2D eigenvalue weighted by Gasteiger charge is 2.25. The molecule has 0 N–H and O–H groups in total. The van der Waals surface area contributed by atoms with Crippen LogP contribution in [-0.2, 0) is 16.0 Å². The second kappa shape index (κ2) is 6.33. The van der Waals surface area contributed by atoms with Crippen molar-refractivity contribution in [3.8, 4) is 0 Å². The number of nitrogens with zero attached hydrogens (tertiary/aromatic N) is 1. The Morgan fingerprint density at radius 3 is 2.72 bits per heavy atom. The van der Waals surface area contributed by atoms with E-state index in [9.17, 15) is 9.59 Å². The van der Waals surface area contributed by atoms with Crippen molar-refractivity contribution in [3.63, 3.8) is 0 Å². The summed E-state index contributed by atoms with van der Waals surface area (Å²) in [5, 5.41) is 1.05. The number of ether oxygens (including phenoxy) is 1. The number of carbonyl (C=O) groups is 2. The van der Waals surface area contributed by atoms with E-state index in [0.717, 1.165) is 33.3 Å². The molecular formula is C20H17NO3S. The van der Waals surface area contributed by atoms with E-state index >= 15 is 0 Å². The van der Waals surface area contributed by atoms with Gasteiger partial charge in [-0.2, -0.15) is 0 Å². The molecular weight excluding hydrogens is 334 g/mol. The number of carbonyl (C=O) groups excluding carboxylic acids is 2. The zero-order valence-corrected chi connectivity index (χ0v) is 14.6. The minimum atomic E-state index is -0.431. The summed E-state index contributed by atoms with van der Waals surface area (Å²) in [7, 11) is 0. The predicted octanol–water partition coefficient (Wildman–Crippen LogP) is 3.96. The first kappa shape index (κ1) is 15.8. The molecule has 1 aliphatic heterocycles. The largest absolute Gasteiger partial charge is 0.451 e. The minimum Gasteiger partial charge on any atom is -0.451 e. The first-order valence-corrected chi connectivity index (χ1v) is 9.00. The molecule has 1 amide bonds. The van der Waals surface area contributed by atoms with Gasteiger partial charge in [0.2, 0.25) is 0 Å². The summed E-state index contributed by atoms with van der Waals surface area (Å²) in [5.74, 6) is -0.614. The van der Waals surface area contributed by atoms with Crippen LogP contribution in [0.2, 0.25) is 0 Å². The Balaban J connectivity index is 1.47. The maximum atomic E-state index is 12.5. The molecule has 0 radical (unpaired) electrons. The molecule has 126 valence electrons. The smallest absolute Gasteiger partial charge is 0.349 e. The third kappa shape index (κ3) is 2.81. The van der Waals surface area contributed by atoms with Gasteiger partial charge in [-0.3, -0.25) is 4.79 Å². The highest BCUT2D eigenvalue weighted by molar-refractivity contribution is 7.21. The number of amides is 1. The summed E-state index contributed by atoms with van der Waals surface area (Å²) in [6, 6.07) is 15.7. The number of aryl methyl sites for hydroxylation is 1. The van der Waals surface area contributed by atoms with E-state index in [1.54, 1.807) is 4.90 Å². The van der Waals surface area contributed by atoms with Crippen LogP contribution in [0.3, 0.4) is 0 Å². The fourth-order valence-corrected chi connectivity index (χ4v) is 4.34. The second-order valence-corrected chi connectivity index (χ2v) is 7.10. The van der Waals surface area contributed by atoms with Crippen LogP contribution in [0.15, 0.2) is 48.5 Å². The van der Waals surface area contributed by atoms with Crippen molar-refractivity contribution >= 4 is 39.0 Å². The molecule has 0 spiro atoms. The summed E-state index contributed by atoms with van der Waals surface area (Å²) in [6.45, 7) is 2.31. The lowest BCUT2D eigenvalue weighted by Gasteiger charge is -2.17. The van der Waals surface area contributed by atoms with Crippen LogP contribution in [0, 0.1) is 6.92 Å². The topological polar surface area (TPSA) is 46.6 Å². The van der Waals surface area contributed by atoms with Crippen LogP contribution in [0.1, 0.15) is 20.8 Å². The van der Waals surface area contributed by atoms with Crippen molar-refractivity contribution in [1.29, 1.82) is 0 Å². The van der Waals surface area contributed by atoms with E-state index in [4.69, 9.17) is 4.74 Å². The molecule has 0 saturated carbocycles. The molecule has 1 aliphatic rings. The van der Waals surface area contributed by atoms with Crippen LogP contribution in [0.25, 0.3) is 10.1 Å². The van der Waals surface area contributed by atoms with Gasteiger partial charge in [0.1, 0.15) is 4.88 Å². The highest BCUT2D eigenvalue weighted by atomic mass is 32.1. The lowest BCUT2D eigenvalue weighted by molar-refractivity contribution is -0.121.